The molecule has 0 N–H and O–H groups in total. The summed E-state index contributed by atoms with van der Waals surface area (Å²) in [5.74, 6) is 0. The zero-order valence-corrected chi connectivity index (χ0v) is 8.69. The van der Waals surface area contributed by atoms with Crippen LogP contribution in [0.25, 0.3) is 0 Å². The molecule has 0 radical (unpaired) electrons. The summed E-state index contributed by atoms with van der Waals surface area (Å²) in [7, 11) is 0. The molecule has 0 fully saturated rings. The minimum atomic E-state index is 0. The van der Waals surface area contributed by atoms with Gasteiger partial charge in [-0.05, 0) is 0 Å². The first kappa shape index (κ1) is 14.3. The number of hydrogen-bond donors (Lipinski definition) is 0. The molecule has 66 valence electrons. The van der Waals surface area contributed by atoms with Crippen molar-refractivity contribution in [2.24, 2.45) is 0 Å². The molecule has 0 spiro atoms. The summed E-state index contributed by atoms with van der Waals surface area (Å²) < 4.78 is 0. The molecule has 0 amide bonds. The van der Waals surface area contributed by atoms with Crippen LogP contribution in [0.3, 0.4) is 0 Å². The van der Waals surface area contributed by atoms with Crippen LogP contribution in [0.4, 0.5) is 0 Å². The smallest absolute Gasteiger partial charge is 0.214 e. The van der Waals surface area contributed by atoms with Crippen molar-refractivity contribution < 1.29 is 34.1 Å². The van der Waals surface area contributed by atoms with Crippen molar-refractivity contribution in [2.45, 2.75) is 0 Å². The first-order valence-electron chi connectivity index (χ1n) is 3.33. The van der Waals surface area contributed by atoms with E-state index in [4.69, 9.17) is 0 Å². The summed E-state index contributed by atoms with van der Waals surface area (Å²) >= 11 is 0. The molecule has 0 nitrogen and oxygen atoms in total. The van der Waals surface area contributed by atoms with Gasteiger partial charge < -0.3 is 0 Å². The quantitative estimate of drug-likeness (QED) is 0.492. The third-order valence-electron chi connectivity index (χ3n) is 1.11. The molecule has 2 rings (SSSR count). The second-order valence-corrected chi connectivity index (χ2v) is 1.92. The second-order valence-electron chi connectivity index (χ2n) is 1.92. The Morgan fingerprint density at radius 1 is 0.583 bits per heavy atom. The van der Waals surface area contributed by atoms with Crippen LogP contribution >= 0.6 is 0 Å². The van der Waals surface area contributed by atoms with E-state index in [-0.39, 0.29) is 34.1 Å². The molecule has 12 heavy (non-hydrogen) atoms. The standard InChI is InChI=1S/2C5H5.2Fe/c2*1-2-4-5-3-1;;/h2*1-5H;;/q2*-1;;+2. The third-order valence-corrected chi connectivity index (χ3v) is 1.11. The molecule has 0 unspecified atom stereocenters. The Labute approximate surface area is 94.7 Å². The van der Waals surface area contributed by atoms with Gasteiger partial charge in [-0.2, -0.15) is 36.4 Å². The van der Waals surface area contributed by atoms with Gasteiger partial charge in [0.2, 0.25) is 0 Å². The molecule has 2 aromatic rings. The molecular weight excluding hydrogens is 232 g/mol. The molecule has 0 saturated heterocycles. The largest absolute Gasteiger partial charge is 2.00 e. The van der Waals surface area contributed by atoms with Gasteiger partial charge in [-0.15, -0.1) is 0 Å². The Morgan fingerprint density at radius 3 is 0.917 bits per heavy atom. The van der Waals surface area contributed by atoms with Crippen LogP contribution in [0.2, 0.25) is 0 Å². The third kappa shape index (κ3) is 7.84. The zero-order valence-electron chi connectivity index (χ0n) is 6.48. The topological polar surface area (TPSA) is 0 Å². The van der Waals surface area contributed by atoms with E-state index in [1.165, 1.54) is 0 Å². The summed E-state index contributed by atoms with van der Waals surface area (Å²) in [5, 5.41) is 0. The van der Waals surface area contributed by atoms with Gasteiger partial charge in [0.25, 0.3) is 0 Å². The van der Waals surface area contributed by atoms with E-state index in [2.05, 4.69) is 0 Å². The van der Waals surface area contributed by atoms with Crippen molar-refractivity contribution in [1.29, 1.82) is 0 Å². The van der Waals surface area contributed by atoms with Gasteiger partial charge in [0, 0.05) is 17.1 Å². The molecule has 0 aliphatic rings. The summed E-state index contributed by atoms with van der Waals surface area (Å²) in [6, 6.07) is 20.0. The molecule has 2 heteroatoms. The maximum absolute atomic E-state index is 2.00. The van der Waals surface area contributed by atoms with Gasteiger partial charge in [-0.1, -0.05) is 0 Å². The first-order valence-corrected chi connectivity index (χ1v) is 3.33. The predicted octanol–water partition coefficient (Wildman–Crippen LogP) is 2.81. The molecule has 0 aliphatic carbocycles. The molecular formula is C10H10Fe2. The van der Waals surface area contributed by atoms with Gasteiger partial charge >= 0.3 is 17.1 Å². The van der Waals surface area contributed by atoms with Crippen LogP contribution in [-0.4, -0.2) is 0 Å². The molecule has 0 heterocycles. The number of rotatable bonds is 0. The molecule has 0 bridgehead atoms. The maximum Gasteiger partial charge on any atom is 2.00 e. The Morgan fingerprint density at radius 2 is 0.833 bits per heavy atom. The fraction of sp³-hybridized carbons (Fsp3) is 0. The van der Waals surface area contributed by atoms with Gasteiger partial charge in [0.1, 0.15) is 0 Å². The van der Waals surface area contributed by atoms with E-state index < -0.39 is 0 Å². The van der Waals surface area contributed by atoms with E-state index in [1.807, 2.05) is 60.7 Å². The van der Waals surface area contributed by atoms with Crippen molar-refractivity contribution in [1.82, 2.24) is 0 Å². The average molecular weight is 242 g/mol. The van der Waals surface area contributed by atoms with Crippen molar-refractivity contribution in [2.75, 3.05) is 0 Å². The summed E-state index contributed by atoms with van der Waals surface area (Å²) in [4.78, 5) is 0. The maximum atomic E-state index is 2.00. The average Bonchev–Trinajstić information content (AvgIpc) is 2.67. The van der Waals surface area contributed by atoms with Gasteiger partial charge in [-0.25, -0.2) is 24.3 Å². The zero-order chi connectivity index (χ0) is 7.07. The van der Waals surface area contributed by atoms with Crippen molar-refractivity contribution in [3.63, 3.8) is 0 Å². The Bertz CT molecular complexity index is 147. The second kappa shape index (κ2) is 10.7. The number of hydrogen-bond acceptors (Lipinski definition) is 0. The van der Waals surface area contributed by atoms with E-state index in [0.29, 0.717) is 0 Å². The van der Waals surface area contributed by atoms with Crippen LogP contribution in [0.5, 0.6) is 0 Å². The summed E-state index contributed by atoms with van der Waals surface area (Å²) in [6.45, 7) is 0. The predicted molar refractivity (Wildman–Crippen MR) is 44.1 cm³/mol. The minimum Gasteiger partial charge on any atom is -0.214 e. The summed E-state index contributed by atoms with van der Waals surface area (Å²) in [6.07, 6.45) is 0. The minimum absolute atomic E-state index is 0. The van der Waals surface area contributed by atoms with Gasteiger partial charge in [-0.3, -0.25) is 0 Å². The normalized spacial score (nSPS) is 6.67. The van der Waals surface area contributed by atoms with Crippen molar-refractivity contribution in [3.05, 3.63) is 60.7 Å². The first-order chi connectivity index (χ1) is 5.00. The van der Waals surface area contributed by atoms with E-state index in [1.54, 1.807) is 0 Å². The van der Waals surface area contributed by atoms with E-state index >= 15 is 0 Å². The van der Waals surface area contributed by atoms with Gasteiger partial charge in [0.15, 0.2) is 0 Å². The SMILES string of the molecule is [Fe+2].[Fe].c1cc[cH-]c1.c1cc[cH-]c1. The molecule has 0 aromatic heterocycles. The van der Waals surface area contributed by atoms with Gasteiger partial charge in [0.05, 0.1) is 0 Å². The molecule has 2 aromatic carbocycles. The van der Waals surface area contributed by atoms with Crippen LogP contribution in [0.15, 0.2) is 60.7 Å². The Kier molecular flexibility index (Phi) is 12.8. The van der Waals surface area contributed by atoms with E-state index in [0.717, 1.165) is 0 Å². The fourth-order valence-corrected chi connectivity index (χ4v) is 0.642. The van der Waals surface area contributed by atoms with Crippen molar-refractivity contribution in [3.8, 4) is 0 Å². The van der Waals surface area contributed by atoms with Crippen LogP contribution in [0.1, 0.15) is 0 Å². The Hall–Kier alpha value is -0.261. The van der Waals surface area contributed by atoms with E-state index in [9.17, 15) is 0 Å². The molecule has 0 atom stereocenters. The molecule has 0 aliphatic heterocycles. The fourth-order valence-electron chi connectivity index (χ4n) is 0.642. The van der Waals surface area contributed by atoms with Crippen LogP contribution in [0, 0.1) is 0 Å². The van der Waals surface area contributed by atoms with Crippen LogP contribution in [-0.2, 0) is 34.1 Å². The molecule has 0 saturated carbocycles. The summed E-state index contributed by atoms with van der Waals surface area (Å²) in [5.41, 5.74) is 0. The monoisotopic (exact) mass is 242 g/mol. The van der Waals surface area contributed by atoms with Crippen molar-refractivity contribution >= 4 is 0 Å². The van der Waals surface area contributed by atoms with Crippen LogP contribution < -0.4 is 0 Å². The Balaban J connectivity index is 0.